The predicted molar refractivity (Wildman–Crippen MR) is 53.6 cm³/mol. The van der Waals surface area contributed by atoms with Crippen molar-refractivity contribution in [3.05, 3.63) is 0 Å². The van der Waals surface area contributed by atoms with Crippen LogP contribution in [0.3, 0.4) is 0 Å². The normalized spacial score (nSPS) is 13.6. The van der Waals surface area contributed by atoms with Crippen LogP contribution in [0.1, 0.15) is 40.0 Å². The Hall–Kier alpha value is -1.06. The highest BCUT2D eigenvalue weighted by Gasteiger charge is 2.24. The first kappa shape index (κ1) is 12.9. The summed E-state index contributed by atoms with van der Waals surface area (Å²) in [6, 6.07) is 0. The summed E-state index contributed by atoms with van der Waals surface area (Å²) in [4.78, 5) is 21.4. The number of carbonyl (C=O) groups excluding carboxylic acids is 1. The summed E-state index contributed by atoms with van der Waals surface area (Å²) in [7, 11) is 0. The molecule has 0 aliphatic carbocycles. The number of carboxylic acids is 1. The fourth-order valence-electron chi connectivity index (χ4n) is 1.37. The smallest absolute Gasteiger partial charge is 0.306 e. The maximum Gasteiger partial charge on any atom is 0.306 e. The zero-order chi connectivity index (χ0) is 11.4. The Bertz CT molecular complexity index is 218. The molecule has 0 heterocycles. The molecule has 1 unspecified atom stereocenters. The van der Waals surface area contributed by atoms with E-state index in [4.69, 9.17) is 10.8 Å². The molecule has 0 aliphatic rings. The number of hydrogen-bond donors (Lipinski definition) is 2. The fraction of sp³-hybridized carbons (Fsp3) is 0.800. The molecule has 0 fully saturated rings. The molecule has 0 radical (unpaired) electrons. The Labute approximate surface area is 84.5 Å². The average Bonchev–Trinajstić information content (AvgIpc) is 1.94. The number of amides is 1. The number of carbonyl (C=O) groups is 2. The highest BCUT2D eigenvalue weighted by atomic mass is 16.4. The predicted octanol–water partition coefficient (Wildman–Crippen LogP) is 1.39. The zero-order valence-corrected chi connectivity index (χ0v) is 9.04. The van der Waals surface area contributed by atoms with Crippen molar-refractivity contribution in [1.82, 2.24) is 0 Å². The molecular formula is C10H19NO3. The van der Waals surface area contributed by atoms with Gasteiger partial charge in [-0.25, -0.2) is 0 Å². The number of nitrogens with two attached hydrogens (primary N) is 1. The van der Waals surface area contributed by atoms with E-state index >= 15 is 0 Å². The zero-order valence-electron chi connectivity index (χ0n) is 9.04. The van der Waals surface area contributed by atoms with Crippen molar-refractivity contribution in [2.24, 2.45) is 17.1 Å². The number of primary amides is 1. The summed E-state index contributed by atoms with van der Waals surface area (Å²) < 4.78 is 0. The molecule has 0 aromatic heterocycles. The average molecular weight is 201 g/mol. The van der Waals surface area contributed by atoms with E-state index in [0.717, 1.165) is 0 Å². The van der Waals surface area contributed by atoms with E-state index in [1.54, 1.807) is 0 Å². The van der Waals surface area contributed by atoms with Crippen LogP contribution < -0.4 is 5.73 Å². The third-order valence-electron chi connectivity index (χ3n) is 1.95. The Morgan fingerprint density at radius 2 is 1.86 bits per heavy atom. The van der Waals surface area contributed by atoms with Crippen molar-refractivity contribution < 1.29 is 14.7 Å². The van der Waals surface area contributed by atoms with Gasteiger partial charge in [0.2, 0.25) is 5.91 Å². The summed E-state index contributed by atoms with van der Waals surface area (Å²) in [6.07, 6.45) is 1.05. The van der Waals surface area contributed by atoms with Crippen LogP contribution in [0.4, 0.5) is 0 Å². The maximum atomic E-state index is 10.8. The molecule has 0 spiro atoms. The van der Waals surface area contributed by atoms with Gasteiger partial charge >= 0.3 is 5.97 Å². The van der Waals surface area contributed by atoms with Crippen LogP contribution in [0.2, 0.25) is 0 Å². The number of aliphatic carboxylic acids is 1. The largest absolute Gasteiger partial charge is 0.481 e. The second-order valence-electron chi connectivity index (χ2n) is 4.80. The number of carboxylic acid groups (broad SMARTS) is 1. The van der Waals surface area contributed by atoms with Crippen molar-refractivity contribution in [1.29, 1.82) is 0 Å². The van der Waals surface area contributed by atoms with Crippen LogP contribution in [-0.2, 0) is 9.59 Å². The van der Waals surface area contributed by atoms with Gasteiger partial charge in [0.1, 0.15) is 0 Å². The standard InChI is InChI=1S/C10H19NO3/c1-10(2,3)6-7(9(13)14)4-5-8(11)12/h7H,4-6H2,1-3H3,(H2,11,12)(H,13,14). The van der Waals surface area contributed by atoms with E-state index in [2.05, 4.69) is 0 Å². The SMILES string of the molecule is CC(C)(C)CC(CCC(N)=O)C(=O)O. The summed E-state index contributed by atoms with van der Waals surface area (Å²) >= 11 is 0. The van der Waals surface area contributed by atoms with E-state index in [1.807, 2.05) is 20.8 Å². The van der Waals surface area contributed by atoms with Crippen molar-refractivity contribution >= 4 is 11.9 Å². The molecule has 0 saturated heterocycles. The lowest BCUT2D eigenvalue weighted by Crippen LogP contribution is -2.23. The van der Waals surface area contributed by atoms with Gasteiger partial charge in [-0.15, -0.1) is 0 Å². The first-order valence-corrected chi connectivity index (χ1v) is 4.73. The summed E-state index contributed by atoms with van der Waals surface area (Å²) in [5, 5.41) is 8.90. The number of hydrogen-bond acceptors (Lipinski definition) is 2. The Morgan fingerprint density at radius 3 is 2.14 bits per heavy atom. The molecule has 3 N–H and O–H groups in total. The highest BCUT2D eigenvalue weighted by molar-refractivity contribution is 5.75. The molecule has 0 bridgehead atoms. The van der Waals surface area contributed by atoms with Crippen LogP contribution in [0.5, 0.6) is 0 Å². The summed E-state index contributed by atoms with van der Waals surface area (Å²) in [6.45, 7) is 5.94. The number of rotatable bonds is 5. The molecule has 0 aliphatic heterocycles. The lowest BCUT2D eigenvalue weighted by molar-refractivity contribution is -0.143. The van der Waals surface area contributed by atoms with E-state index in [1.165, 1.54) is 0 Å². The van der Waals surface area contributed by atoms with Gasteiger partial charge in [0, 0.05) is 6.42 Å². The molecule has 4 nitrogen and oxygen atoms in total. The molecule has 14 heavy (non-hydrogen) atoms. The van der Waals surface area contributed by atoms with Gasteiger partial charge in [0.25, 0.3) is 0 Å². The Kier molecular flexibility index (Phi) is 4.60. The minimum absolute atomic E-state index is 0.0410. The van der Waals surface area contributed by atoms with Gasteiger partial charge < -0.3 is 10.8 Å². The van der Waals surface area contributed by atoms with Crippen LogP contribution in [0, 0.1) is 11.3 Å². The van der Waals surface area contributed by atoms with E-state index in [-0.39, 0.29) is 11.8 Å². The van der Waals surface area contributed by atoms with E-state index in [0.29, 0.717) is 12.8 Å². The molecule has 0 aromatic carbocycles. The van der Waals surface area contributed by atoms with Crippen molar-refractivity contribution in [2.75, 3.05) is 0 Å². The van der Waals surface area contributed by atoms with Crippen LogP contribution >= 0.6 is 0 Å². The lowest BCUT2D eigenvalue weighted by atomic mass is 9.83. The van der Waals surface area contributed by atoms with Gasteiger partial charge in [-0.1, -0.05) is 20.8 Å². The Morgan fingerprint density at radius 1 is 1.36 bits per heavy atom. The first-order chi connectivity index (χ1) is 6.22. The fourth-order valence-corrected chi connectivity index (χ4v) is 1.37. The van der Waals surface area contributed by atoms with Gasteiger partial charge in [-0.05, 0) is 18.3 Å². The molecular weight excluding hydrogens is 182 g/mol. The maximum absolute atomic E-state index is 10.8. The third-order valence-corrected chi connectivity index (χ3v) is 1.95. The van der Waals surface area contributed by atoms with Gasteiger partial charge in [0.15, 0.2) is 0 Å². The van der Waals surface area contributed by atoms with Crippen LogP contribution in [0.25, 0.3) is 0 Å². The quantitative estimate of drug-likeness (QED) is 0.705. The minimum Gasteiger partial charge on any atom is -0.481 e. The topological polar surface area (TPSA) is 80.4 Å². The van der Waals surface area contributed by atoms with Gasteiger partial charge in [0.05, 0.1) is 5.92 Å². The Balaban J connectivity index is 4.17. The third kappa shape index (κ3) is 6.46. The van der Waals surface area contributed by atoms with Gasteiger partial charge in [-0.2, -0.15) is 0 Å². The second-order valence-corrected chi connectivity index (χ2v) is 4.80. The first-order valence-electron chi connectivity index (χ1n) is 4.73. The lowest BCUT2D eigenvalue weighted by Gasteiger charge is -2.22. The van der Waals surface area contributed by atoms with Crippen LogP contribution in [-0.4, -0.2) is 17.0 Å². The molecule has 1 atom stereocenters. The summed E-state index contributed by atoms with van der Waals surface area (Å²) in [5.74, 6) is -1.76. The minimum atomic E-state index is -0.846. The van der Waals surface area contributed by atoms with Gasteiger partial charge in [-0.3, -0.25) is 9.59 Å². The second kappa shape index (κ2) is 4.98. The van der Waals surface area contributed by atoms with Crippen molar-refractivity contribution in [3.8, 4) is 0 Å². The molecule has 1 amide bonds. The highest BCUT2D eigenvalue weighted by Crippen LogP contribution is 2.27. The summed E-state index contributed by atoms with van der Waals surface area (Å²) in [5.41, 5.74) is 4.93. The molecule has 4 heteroatoms. The van der Waals surface area contributed by atoms with E-state index < -0.39 is 17.8 Å². The van der Waals surface area contributed by atoms with Crippen LogP contribution in [0.15, 0.2) is 0 Å². The molecule has 0 rings (SSSR count). The molecule has 0 saturated carbocycles. The van der Waals surface area contributed by atoms with E-state index in [9.17, 15) is 9.59 Å². The van der Waals surface area contributed by atoms with Crippen molar-refractivity contribution in [3.63, 3.8) is 0 Å². The monoisotopic (exact) mass is 201 g/mol. The van der Waals surface area contributed by atoms with Crippen molar-refractivity contribution in [2.45, 2.75) is 40.0 Å². The molecule has 0 aromatic rings. The molecule has 82 valence electrons.